The van der Waals surface area contributed by atoms with Gasteiger partial charge in [0.15, 0.2) is 23.0 Å². The van der Waals surface area contributed by atoms with Crippen LogP contribution in [0.5, 0.6) is 28.7 Å². The minimum atomic E-state index is -0.380. The number of aromatic hydroxyl groups is 2. The molecule has 7 nitrogen and oxygen atoms in total. The smallest absolute Gasteiger partial charge is 0.200 e. The van der Waals surface area contributed by atoms with Crippen molar-refractivity contribution in [3.8, 4) is 40.1 Å². The number of phenolic OH excluding ortho intramolecular Hbond substituents is 2. The number of rotatable bonds is 5. The normalized spacial score (nSPS) is 15.3. The van der Waals surface area contributed by atoms with Gasteiger partial charge >= 0.3 is 0 Å². The van der Waals surface area contributed by atoms with Crippen molar-refractivity contribution in [2.45, 2.75) is 12.7 Å². The van der Waals surface area contributed by atoms with Crippen LogP contribution in [0, 0.1) is 0 Å². The molecule has 0 amide bonds. The topological polar surface area (TPSA) is 90.5 Å². The fourth-order valence-electron chi connectivity index (χ4n) is 3.42. The average molecular weight is 384 g/mol. The van der Waals surface area contributed by atoms with Gasteiger partial charge in [-0.1, -0.05) is 0 Å². The van der Waals surface area contributed by atoms with Crippen LogP contribution in [-0.4, -0.2) is 31.5 Å². The molecule has 1 aromatic heterocycles. The van der Waals surface area contributed by atoms with Gasteiger partial charge in [-0.3, -0.25) is 0 Å². The fraction of sp³-hybridized carbons (Fsp3) is 0.238. The van der Waals surface area contributed by atoms with Crippen LogP contribution in [0.25, 0.3) is 11.3 Å². The van der Waals surface area contributed by atoms with Gasteiger partial charge in [-0.2, -0.15) is 0 Å². The maximum absolute atomic E-state index is 10.1. The average Bonchev–Trinajstić information content (AvgIpc) is 3.31. The summed E-state index contributed by atoms with van der Waals surface area (Å²) in [6.07, 6.45) is 1.28. The molecule has 1 aliphatic heterocycles. The van der Waals surface area contributed by atoms with Gasteiger partial charge in [0.25, 0.3) is 0 Å². The Bertz CT molecular complexity index is 997. The minimum absolute atomic E-state index is 0.0592. The SMILES string of the molecule is COc1cc(-c2occ3c2CO[C@H]3c2cc(OC)c(O)c(OC)c2)ccc1O. The molecule has 0 unspecified atom stereocenters. The second-order valence-electron chi connectivity index (χ2n) is 6.35. The van der Waals surface area contributed by atoms with E-state index in [2.05, 4.69) is 0 Å². The van der Waals surface area contributed by atoms with Gasteiger partial charge in [0.05, 0.1) is 34.2 Å². The summed E-state index contributed by atoms with van der Waals surface area (Å²) in [6.45, 7) is 0.362. The first kappa shape index (κ1) is 18.1. The number of hydrogen-bond donors (Lipinski definition) is 2. The summed E-state index contributed by atoms with van der Waals surface area (Å²) in [5.41, 5.74) is 3.36. The highest BCUT2D eigenvalue weighted by Crippen LogP contribution is 2.46. The number of hydrogen-bond acceptors (Lipinski definition) is 7. The second-order valence-corrected chi connectivity index (χ2v) is 6.35. The molecule has 2 N–H and O–H groups in total. The highest BCUT2D eigenvalue weighted by Gasteiger charge is 2.32. The van der Waals surface area contributed by atoms with Crippen molar-refractivity contribution in [3.05, 3.63) is 53.3 Å². The molecule has 146 valence electrons. The Labute approximate surface area is 161 Å². The van der Waals surface area contributed by atoms with Crippen molar-refractivity contribution in [3.63, 3.8) is 0 Å². The lowest BCUT2D eigenvalue weighted by molar-refractivity contribution is 0.0912. The molecule has 0 radical (unpaired) electrons. The van der Waals surface area contributed by atoms with Gasteiger partial charge in [-0.25, -0.2) is 0 Å². The Morgan fingerprint density at radius 2 is 1.61 bits per heavy atom. The first-order valence-corrected chi connectivity index (χ1v) is 8.61. The van der Waals surface area contributed by atoms with E-state index in [0.717, 1.165) is 22.3 Å². The van der Waals surface area contributed by atoms with Crippen LogP contribution in [0.1, 0.15) is 22.8 Å². The summed E-state index contributed by atoms with van der Waals surface area (Å²) in [4.78, 5) is 0. The van der Waals surface area contributed by atoms with E-state index in [-0.39, 0.29) is 17.6 Å². The van der Waals surface area contributed by atoms with Crippen LogP contribution in [0.4, 0.5) is 0 Å². The summed E-state index contributed by atoms with van der Waals surface area (Å²) in [5.74, 6) is 1.64. The molecule has 3 aromatic rings. The van der Waals surface area contributed by atoms with Crippen molar-refractivity contribution < 1.29 is 33.6 Å². The predicted molar refractivity (Wildman–Crippen MR) is 100 cm³/mol. The van der Waals surface area contributed by atoms with Crippen molar-refractivity contribution in [1.82, 2.24) is 0 Å². The number of fused-ring (bicyclic) bond motifs is 1. The Morgan fingerprint density at radius 1 is 0.929 bits per heavy atom. The molecule has 1 atom stereocenters. The molecular formula is C21H20O7. The largest absolute Gasteiger partial charge is 0.504 e. The molecule has 0 spiro atoms. The number of benzene rings is 2. The molecule has 0 fully saturated rings. The van der Waals surface area contributed by atoms with Gasteiger partial charge in [-0.05, 0) is 35.9 Å². The Balaban J connectivity index is 1.75. The highest BCUT2D eigenvalue weighted by molar-refractivity contribution is 5.68. The molecule has 28 heavy (non-hydrogen) atoms. The van der Waals surface area contributed by atoms with Crippen LogP contribution < -0.4 is 14.2 Å². The van der Waals surface area contributed by atoms with Gasteiger partial charge in [0, 0.05) is 16.7 Å². The van der Waals surface area contributed by atoms with Crippen molar-refractivity contribution >= 4 is 0 Å². The zero-order valence-electron chi connectivity index (χ0n) is 15.7. The summed E-state index contributed by atoms with van der Waals surface area (Å²) in [6, 6.07) is 8.47. The minimum Gasteiger partial charge on any atom is -0.504 e. The maximum Gasteiger partial charge on any atom is 0.200 e. The lowest BCUT2D eigenvalue weighted by Crippen LogP contribution is -2.00. The van der Waals surface area contributed by atoms with E-state index in [4.69, 9.17) is 23.4 Å². The van der Waals surface area contributed by atoms with E-state index in [1.165, 1.54) is 21.3 Å². The van der Waals surface area contributed by atoms with Gasteiger partial charge in [0.1, 0.15) is 11.9 Å². The third kappa shape index (κ3) is 2.80. The third-order valence-corrected chi connectivity index (χ3v) is 4.85. The highest BCUT2D eigenvalue weighted by atomic mass is 16.5. The number of phenols is 2. The third-order valence-electron chi connectivity index (χ3n) is 4.85. The lowest BCUT2D eigenvalue weighted by Gasteiger charge is -2.15. The number of ether oxygens (including phenoxy) is 4. The molecule has 2 heterocycles. The van der Waals surface area contributed by atoms with E-state index in [1.807, 2.05) is 0 Å². The van der Waals surface area contributed by atoms with E-state index in [9.17, 15) is 10.2 Å². The molecule has 2 aromatic carbocycles. The maximum atomic E-state index is 10.1. The zero-order chi connectivity index (χ0) is 19.8. The van der Waals surface area contributed by atoms with Gasteiger partial charge in [0.2, 0.25) is 5.75 Å². The van der Waals surface area contributed by atoms with E-state index < -0.39 is 0 Å². The standard InChI is InChI=1S/C21H20O7/c1-24-16-6-11(4-5-15(16)22)20-13-9-28-21(14(13)10-27-20)12-7-17(25-2)19(23)18(8-12)26-3/h4-8,10,21-23H,9H2,1-3H3/t21-/m0/s1. The van der Waals surface area contributed by atoms with Crippen LogP contribution in [-0.2, 0) is 11.3 Å². The number of furan rings is 1. The van der Waals surface area contributed by atoms with Crippen LogP contribution in [0.3, 0.4) is 0 Å². The monoisotopic (exact) mass is 384 g/mol. The molecule has 0 saturated heterocycles. The molecule has 0 saturated carbocycles. The van der Waals surface area contributed by atoms with Crippen LogP contribution >= 0.6 is 0 Å². The second kappa shape index (κ2) is 7.01. The molecule has 1 aliphatic rings. The lowest BCUT2D eigenvalue weighted by atomic mass is 9.99. The van der Waals surface area contributed by atoms with Crippen molar-refractivity contribution in [1.29, 1.82) is 0 Å². The summed E-state index contributed by atoms with van der Waals surface area (Å²) < 4.78 is 27.5. The summed E-state index contributed by atoms with van der Waals surface area (Å²) in [7, 11) is 4.46. The van der Waals surface area contributed by atoms with E-state index in [1.54, 1.807) is 36.6 Å². The molecule has 0 aliphatic carbocycles. The summed E-state index contributed by atoms with van der Waals surface area (Å²) >= 11 is 0. The van der Waals surface area contributed by atoms with Gasteiger partial charge in [-0.15, -0.1) is 0 Å². The number of methoxy groups -OCH3 is 3. The predicted octanol–water partition coefficient (Wildman–Crippen LogP) is 4.00. The Morgan fingerprint density at radius 3 is 2.25 bits per heavy atom. The molecule has 7 heteroatoms. The van der Waals surface area contributed by atoms with Crippen molar-refractivity contribution in [2.75, 3.05) is 21.3 Å². The van der Waals surface area contributed by atoms with Gasteiger partial charge < -0.3 is 33.6 Å². The van der Waals surface area contributed by atoms with Crippen LogP contribution in [0.15, 0.2) is 41.0 Å². The van der Waals surface area contributed by atoms with E-state index in [0.29, 0.717) is 29.6 Å². The summed E-state index contributed by atoms with van der Waals surface area (Å²) in [5, 5.41) is 19.9. The van der Waals surface area contributed by atoms with Crippen molar-refractivity contribution in [2.24, 2.45) is 0 Å². The first-order chi connectivity index (χ1) is 13.6. The van der Waals surface area contributed by atoms with Crippen LogP contribution in [0.2, 0.25) is 0 Å². The fourth-order valence-corrected chi connectivity index (χ4v) is 3.42. The quantitative estimate of drug-likeness (QED) is 0.687. The molecular weight excluding hydrogens is 364 g/mol. The zero-order valence-corrected chi connectivity index (χ0v) is 15.7. The molecule has 4 rings (SSSR count). The Hall–Kier alpha value is -3.32. The Kier molecular flexibility index (Phi) is 4.52. The van der Waals surface area contributed by atoms with E-state index >= 15 is 0 Å². The first-order valence-electron chi connectivity index (χ1n) is 8.61. The molecule has 0 bridgehead atoms.